The molecule has 0 aromatic heterocycles. The van der Waals surface area contributed by atoms with Crippen LogP contribution in [0.25, 0.3) is 0 Å². The summed E-state index contributed by atoms with van der Waals surface area (Å²) < 4.78 is 0. The minimum atomic E-state index is -0.834. The number of urea groups is 1. The highest BCUT2D eigenvalue weighted by atomic mass is 32.2. The van der Waals surface area contributed by atoms with E-state index < -0.39 is 11.9 Å². The molecule has 0 bridgehead atoms. The van der Waals surface area contributed by atoms with E-state index in [0.717, 1.165) is 19.3 Å². The van der Waals surface area contributed by atoms with Gasteiger partial charge in [-0.1, -0.05) is 12.2 Å². The van der Waals surface area contributed by atoms with E-state index >= 15 is 0 Å². The van der Waals surface area contributed by atoms with Gasteiger partial charge in [0.2, 0.25) is 0 Å². The summed E-state index contributed by atoms with van der Waals surface area (Å²) in [6, 6.07) is -0.107. The molecule has 0 radical (unpaired) electrons. The molecule has 0 spiro atoms. The summed E-state index contributed by atoms with van der Waals surface area (Å²) in [5, 5.41) is 15.3. The lowest BCUT2D eigenvalue weighted by Gasteiger charge is -2.17. The van der Waals surface area contributed by atoms with Gasteiger partial charge in [-0.15, -0.1) is 0 Å². The number of nitrogens with one attached hydrogen (secondary N) is 2. The molecule has 2 rings (SSSR count). The first-order valence-corrected chi connectivity index (χ1v) is 7.88. The lowest BCUT2D eigenvalue weighted by atomic mass is 10.1. The molecule has 19 heavy (non-hydrogen) atoms. The molecule has 0 saturated heterocycles. The number of thioether (sulfide) groups is 1. The van der Waals surface area contributed by atoms with Gasteiger partial charge in [-0.25, -0.2) is 4.79 Å². The molecule has 1 fully saturated rings. The first-order valence-electron chi connectivity index (χ1n) is 6.59. The van der Waals surface area contributed by atoms with Gasteiger partial charge < -0.3 is 15.7 Å². The van der Waals surface area contributed by atoms with Crippen LogP contribution in [0.1, 0.15) is 25.7 Å². The molecular formula is C13H20N2O3S. The van der Waals surface area contributed by atoms with Crippen LogP contribution in [0.2, 0.25) is 0 Å². The minimum absolute atomic E-state index is 0.168. The van der Waals surface area contributed by atoms with E-state index in [1.807, 2.05) is 11.8 Å². The second-order valence-corrected chi connectivity index (χ2v) is 6.30. The Hall–Kier alpha value is -1.17. The van der Waals surface area contributed by atoms with Gasteiger partial charge in [0.25, 0.3) is 0 Å². The molecule has 3 N–H and O–H groups in total. The lowest BCUT2D eigenvalue weighted by molar-refractivity contribution is -0.140. The molecule has 6 heteroatoms. The molecule has 2 aliphatic rings. The van der Waals surface area contributed by atoms with Crippen molar-refractivity contribution in [1.29, 1.82) is 0 Å². The minimum Gasteiger partial charge on any atom is -0.481 e. The number of carboxylic acid groups (broad SMARTS) is 1. The van der Waals surface area contributed by atoms with Gasteiger partial charge in [0.05, 0.1) is 12.0 Å². The fraction of sp³-hybridized carbons (Fsp3) is 0.692. The molecule has 2 aliphatic carbocycles. The smallest absolute Gasteiger partial charge is 0.315 e. The van der Waals surface area contributed by atoms with Crippen LogP contribution >= 0.6 is 11.8 Å². The Bertz CT molecular complexity index is 386. The van der Waals surface area contributed by atoms with Crippen LogP contribution in [0.4, 0.5) is 4.79 Å². The Kier molecular flexibility index (Phi) is 4.74. The standard InChI is InChI=1S/C13H20N2O3S/c1-19-11-5-4-10(7-11)15-13(18)14-9-3-2-8(6-9)12(16)17/h2-3,8-11H,4-7H2,1H3,(H,16,17)(H2,14,15,18). The van der Waals surface area contributed by atoms with Crippen molar-refractivity contribution in [1.82, 2.24) is 10.6 Å². The predicted molar refractivity (Wildman–Crippen MR) is 75.3 cm³/mol. The van der Waals surface area contributed by atoms with Gasteiger partial charge in [0, 0.05) is 11.3 Å². The summed E-state index contributed by atoms with van der Waals surface area (Å²) in [6.07, 6.45) is 9.15. The largest absolute Gasteiger partial charge is 0.481 e. The van der Waals surface area contributed by atoms with Gasteiger partial charge in [0.1, 0.15) is 0 Å². The van der Waals surface area contributed by atoms with Gasteiger partial charge >= 0.3 is 12.0 Å². The Morgan fingerprint density at radius 3 is 2.58 bits per heavy atom. The molecular weight excluding hydrogens is 264 g/mol. The third-order valence-electron chi connectivity index (χ3n) is 3.77. The molecule has 4 atom stereocenters. The first-order chi connectivity index (χ1) is 9.08. The Morgan fingerprint density at radius 2 is 2.00 bits per heavy atom. The van der Waals surface area contributed by atoms with Crippen molar-refractivity contribution in [2.75, 3.05) is 6.26 Å². The Morgan fingerprint density at radius 1 is 1.21 bits per heavy atom. The summed E-state index contributed by atoms with van der Waals surface area (Å²) in [5.74, 6) is -1.31. The average Bonchev–Trinajstić information content (AvgIpc) is 2.98. The van der Waals surface area contributed by atoms with E-state index in [4.69, 9.17) is 5.11 Å². The van der Waals surface area contributed by atoms with Crippen LogP contribution in [0.3, 0.4) is 0 Å². The zero-order valence-corrected chi connectivity index (χ0v) is 11.8. The van der Waals surface area contributed by atoms with Gasteiger partial charge in [0.15, 0.2) is 0 Å². The molecule has 0 aromatic carbocycles. The quantitative estimate of drug-likeness (QED) is 0.685. The second-order valence-electron chi connectivity index (χ2n) is 5.16. The summed E-state index contributed by atoms with van der Waals surface area (Å²) in [4.78, 5) is 22.6. The third kappa shape index (κ3) is 3.89. The number of rotatable bonds is 4. The molecule has 0 aliphatic heterocycles. The van der Waals surface area contributed by atoms with Crippen LogP contribution in [-0.4, -0.2) is 40.7 Å². The lowest BCUT2D eigenvalue weighted by Crippen LogP contribution is -2.44. The third-order valence-corrected chi connectivity index (χ3v) is 4.87. The van der Waals surface area contributed by atoms with E-state index in [1.54, 1.807) is 12.2 Å². The first kappa shape index (κ1) is 14.2. The number of hydrogen-bond acceptors (Lipinski definition) is 3. The molecule has 0 heterocycles. The highest BCUT2D eigenvalue weighted by Crippen LogP contribution is 2.28. The highest BCUT2D eigenvalue weighted by Gasteiger charge is 2.28. The molecule has 1 saturated carbocycles. The number of aliphatic carboxylic acids is 1. The monoisotopic (exact) mass is 284 g/mol. The van der Waals surface area contributed by atoms with E-state index in [9.17, 15) is 9.59 Å². The van der Waals surface area contributed by atoms with Crippen LogP contribution in [0.5, 0.6) is 0 Å². The molecule has 0 aromatic rings. The van der Waals surface area contributed by atoms with Crippen LogP contribution in [0.15, 0.2) is 12.2 Å². The average molecular weight is 284 g/mol. The van der Waals surface area contributed by atoms with Crippen LogP contribution < -0.4 is 10.6 Å². The maximum atomic E-state index is 11.8. The highest BCUT2D eigenvalue weighted by molar-refractivity contribution is 7.99. The number of amides is 2. The van der Waals surface area contributed by atoms with E-state index in [-0.39, 0.29) is 18.1 Å². The SMILES string of the molecule is CSC1CCC(NC(=O)NC2C=CC(C(=O)O)C2)C1. The molecule has 5 nitrogen and oxygen atoms in total. The van der Waals surface area contributed by atoms with Crippen molar-refractivity contribution in [3.05, 3.63) is 12.2 Å². The van der Waals surface area contributed by atoms with E-state index in [1.165, 1.54) is 0 Å². The fourth-order valence-corrected chi connectivity index (χ4v) is 3.47. The molecule has 2 amide bonds. The Balaban J connectivity index is 1.71. The number of hydrogen-bond donors (Lipinski definition) is 3. The summed E-state index contributed by atoms with van der Waals surface area (Å²) >= 11 is 1.85. The zero-order chi connectivity index (χ0) is 13.8. The fourth-order valence-electron chi connectivity index (χ4n) is 2.67. The number of carbonyl (C=O) groups is 2. The predicted octanol–water partition coefficient (Wildman–Crippen LogP) is 1.60. The van der Waals surface area contributed by atoms with Crippen molar-refractivity contribution >= 4 is 23.8 Å². The maximum absolute atomic E-state index is 11.8. The zero-order valence-electron chi connectivity index (χ0n) is 11.0. The molecule has 106 valence electrons. The number of carboxylic acids is 1. The Labute approximate surface area is 117 Å². The van der Waals surface area contributed by atoms with Crippen molar-refractivity contribution in [2.24, 2.45) is 5.92 Å². The van der Waals surface area contributed by atoms with Gasteiger partial charge in [-0.05, 0) is 31.9 Å². The normalized spacial score (nSPS) is 33.3. The van der Waals surface area contributed by atoms with E-state index in [0.29, 0.717) is 11.7 Å². The molecule has 4 unspecified atom stereocenters. The summed E-state index contributed by atoms with van der Waals surface area (Å²) in [5.41, 5.74) is 0. The topological polar surface area (TPSA) is 78.4 Å². The summed E-state index contributed by atoms with van der Waals surface area (Å²) in [6.45, 7) is 0. The van der Waals surface area contributed by atoms with E-state index in [2.05, 4.69) is 16.9 Å². The number of carbonyl (C=O) groups excluding carboxylic acids is 1. The summed E-state index contributed by atoms with van der Waals surface area (Å²) in [7, 11) is 0. The maximum Gasteiger partial charge on any atom is 0.315 e. The van der Waals surface area contributed by atoms with Crippen molar-refractivity contribution in [3.8, 4) is 0 Å². The van der Waals surface area contributed by atoms with Crippen molar-refractivity contribution in [3.63, 3.8) is 0 Å². The van der Waals surface area contributed by atoms with Crippen molar-refractivity contribution in [2.45, 2.75) is 43.0 Å². The van der Waals surface area contributed by atoms with Crippen LogP contribution in [-0.2, 0) is 4.79 Å². The second kappa shape index (κ2) is 6.32. The van der Waals surface area contributed by atoms with Gasteiger partial charge in [-0.2, -0.15) is 11.8 Å². The van der Waals surface area contributed by atoms with Crippen molar-refractivity contribution < 1.29 is 14.7 Å². The van der Waals surface area contributed by atoms with Crippen LogP contribution in [0, 0.1) is 5.92 Å². The van der Waals surface area contributed by atoms with Gasteiger partial charge in [-0.3, -0.25) is 4.79 Å².